The Balaban J connectivity index is 1.21. The normalized spacial score (nSPS) is 33.6. The summed E-state index contributed by atoms with van der Waals surface area (Å²) in [6.45, 7) is 4.56. The molecule has 4 fully saturated rings. The Morgan fingerprint density at radius 2 is 1.89 bits per heavy atom. The van der Waals surface area contributed by atoms with Crippen LogP contribution in [0.3, 0.4) is 0 Å². The molecule has 1 N–H and O–H groups in total. The molecular weight excluding hydrogens is 478 g/mol. The van der Waals surface area contributed by atoms with E-state index in [1.54, 1.807) is 7.11 Å². The summed E-state index contributed by atoms with van der Waals surface area (Å²) in [7, 11) is 1.73. The van der Waals surface area contributed by atoms with E-state index in [9.17, 15) is 5.11 Å². The lowest BCUT2D eigenvalue weighted by Crippen LogP contribution is -2.76. The van der Waals surface area contributed by atoms with Crippen molar-refractivity contribution in [3.63, 3.8) is 0 Å². The molecule has 1 spiro atoms. The molecule has 2 saturated carbocycles. The van der Waals surface area contributed by atoms with E-state index >= 15 is 0 Å². The Labute approximate surface area is 226 Å². The molecule has 2 aromatic rings. The van der Waals surface area contributed by atoms with Crippen LogP contribution in [0.1, 0.15) is 55.2 Å². The first-order valence-electron chi connectivity index (χ1n) is 14.6. The van der Waals surface area contributed by atoms with E-state index in [1.807, 2.05) is 18.2 Å². The van der Waals surface area contributed by atoms with Gasteiger partial charge in [0.25, 0.3) is 0 Å². The lowest BCUT2D eigenvalue weighted by atomic mass is 9.46. The highest BCUT2D eigenvalue weighted by atomic mass is 16.7. The summed E-state index contributed by atoms with van der Waals surface area (Å²) in [6.07, 6.45) is 6.62. The van der Waals surface area contributed by atoms with Crippen molar-refractivity contribution in [3.8, 4) is 5.75 Å². The third kappa shape index (κ3) is 4.03. The van der Waals surface area contributed by atoms with Crippen molar-refractivity contribution in [1.29, 1.82) is 0 Å². The first-order chi connectivity index (χ1) is 18.6. The second-order valence-electron chi connectivity index (χ2n) is 12.4. The fourth-order valence-corrected chi connectivity index (χ4v) is 8.24. The van der Waals surface area contributed by atoms with Crippen molar-refractivity contribution in [1.82, 2.24) is 4.90 Å². The Hall–Kier alpha value is -1.96. The van der Waals surface area contributed by atoms with Gasteiger partial charge in [0.15, 0.2) is 5.79 Å². The number of likely N-dealkylation sites (tertiary alicyclic amines) is 1. The molecule has 204 valence electrons. The minimum absolute atomic E-state index is 0.0782. The number of piperidine rings is 1. The van der Waals surface area contributed by atoms with Crippen molar-refractivity contribution >= 4 is 0 Å². The van der Waals surface area contributed by atoms with Gasteiger partial charge in [0.2, 0.25) is 0 Å². The van der Waals surface area contributed by atoms with Gasteiger partial charge in [-0.05, 0) is 79.8 Å². The molecule has 2 heterocycles. The van der Waals surface area contributed by atoms with Crippen LogP contribution in [0.15, 0.2) is 48.5 Å². The molecule has 5 aliphatic rings. The molecule has 0 aromatic heterocycles. The predicted octanol–water partition coefficient (Wildman–Crippen LogP) is 4.46. The molecule has 2 aromatic carbocycles. The van der Waals surface area contributed by atoms with E-state index < -0.39 is 16.8 Å². The van der Waals surface area contributed by atoms with Crippen LogP contribution in [0.4, 0.5) is 0 Å². The first kappa shape index (κ1) is 25.0. The van der Waals surface area contributed by atoms with Crippen molar-refractivity contribution in [2.75, 3.05) is 40.0 Å². The fraction of sp³-hybridized carbons (Fsp3) is 0.625. The minimum Gasteiger partial charge on any atom is -0.497 e. The molecule has 3 aliphatic carbocycles. The van der Waals surface area contributed by atoms with Crippen LogP contribution < -0.4 is 4.74 Å². The Kier molecular flexibility index (Phi) is 6.32. The van der Waals surface area contributed by atoms with E-state index in [0.717, 1.165) is 44.0 Å². The van der Waals surface area contributed by atoms with E-state index in [4.69, 9.17) is 18.9 Å². The van der Waals surface area contributed by atoms with Crippen LogP contribution in [-0.2, 0) is 32.7 Å². The third-order valence-corrected chi connectivity index (χ3v) is 10.3. The van der Waals surface area contributed by atoms with Gasteiger partial charge in [0, 0.05) is 36.9 Å². The maximum absolute atomic E-state index is 13.0. The zero-order chi connectivity index (χ0) is 25.8. The second kappa shape index (κ2) is 9.60. The predicted molar refractivity (Wildman–Crippen MR) is 144 cm³/mol. The summed E-state index contributed by atoms with van der Waals surface area (Å²) in [5.41, 5.74) is 2.52. The van der Waals surface area contributed by atoms with Crippen molar-refractivity contribution in [3.05, 3.63) is 65.2 Å². The maximum atomic E-state index is 13.0. The number of fused-ring (bicyclic) bond motifs is 1. The number of rotatable bonds is 8. The molecule has 0 radical (unpaired) electrons. The van der Waals surface area contributed by atoms with Crippen LogP contribution in [0.2, 0.25) is 0 Å². The first-order valence-corrected chi connectivity index (χ1v) is 14.6. The molecule has 0 unspecified atom stereocenters. The summed E-state index contributed by atoms with van der Waals surface area (Å²) in [5.74, 6) is 1.05. The molecule has 6 heteroatoms. The molecule has 38 heavy (non-hydrogen) atoms. The SMILES string of the molecule is COc1ccc2c(c1)[C@]13CCN(CC4CC4)[C@H](C2)[C@]1(O)C[C@H](CCOCc1ccccc1)C1(C3)OCCO1. The number of methoxy groups -OCH3 is 1. The largest absolute Gasteiger partial charge is 0.497 e. The third-order valence-electron chi connectivity index (χ3n) is 10.3. The quantitative estimate of drug-likeness (QED) is 0.520. The van der Waals surface area contributed by atoms with Crippen LogP contribution in [-0.4, -0.2) is 67.5 Å². The van der Waals surface area contributed by atoms with E-state index in [1.165, 1.54) is 29.5 Å². The molecule has 2 saturated heterocycles. The average Bonchev–Trinajstić information content (AvgIpc) is 3.64. The molecule has 6 nitrogen and oxygen atoms in total. The number of hydrogen-bond acceptors (Lipinski definition) is 6. The van der Waals surface area contributed by atoms with Gasteiger partial charge >= 0.3 is 0 Å². The van der Waals surface area contributed by atoms with Crippen LogP contribution >= 0.6 is 0 Å². The highest BCUT2D eigenvalue weighted by molar-refractivity contribution is 5.49. The lowest BCUT2D eigenvalue weighted by Gasteiger charge is -2.67. The standard InChI is InChI=1S/C32H41NO5/c1-35-27-10-9-25-17-29-31(34)19-26(11-14-36-21-24-5-3-2-4-6-24)32(37-15-16-38-32)22-30(31,28(25)18-27)12-13-33(29)20-23-7-8-23/h2-6,9-10,18,23,26,29,34H,7-8,11-17,19-22H2,1H3/t26-,29+,30+,31+/m0/s1. The van der Waals surface area contributed by atoms with Gasteiger partial charge in [-0.3, -0.25) is 4.90 Å². The van der Waals surface area contributed by atoms with Gasteiger partial charge in [-0.1, -0.05) is 36.4 Å². The van der Waals surface area contributed by atoms with Gasteiger partial charge in [-0.2, -0.15) is 0 Å². The molecule has 2 aliphatic heterocycles. The monoisotopic (exact) mass is 519 g/mol. The summed E-state index contributed by atoms with van der Waals surface area (Å²) < 4.78 is 24.9. The maximum Gasteiger partial charge on any atom is 0.172 e. The van der Waals surface area contributed by atoms with Crippen LogP contribution in [0.25, 0.3) is 0 Å². The van der Waals surface area contributed by atoms with E-state index in [0.29, 0.717) is 39.3 Å². The second-order valence-corrected chi connectivity index (χ2v) is 12.4. The van der Waals surface area contributed by atoms with Gasteiger partial charge in [0.1, 0.15) is 5.75 Å². The van der Waals surface area contributed by atoms with E-state index in [2.05, 4.69) is 35.2 Å². The van der Waals surface area contributed by atoms with Gasteiger partial charge in [-0.25, -0.2) is 0 Å². The average molecular weight is 520 g/mol. The Morgan fingerprint density at radius 3 is 2.66 bits per heavy atom. The number of ether oxygens (including phenoxy) is 4. The highest BCUT2D eigenvalue weighted by Gasteiger charge is 2.70. The Morgan fingerprint density at radius 1 is 1.08 bits per heavy atom. The summed E-state index contributed by atoms with van der Waals surface area (Å²) in [6, 6.07) is 16.9. The van der Waals surface area contributed by atoms with Gasteiger partial charge < -0.3 is 24.1 Å². The summed E-state index contributed by atoms with van der Waals surface area (Å²) in [5, 5.41) is 13.0. The number of aliphatic hydroxyl groups is 1. The van der Waals surface area contributed by atoms with Crippen molar-refractivity contribution in [2.24, 2.45) is 11.8 Å². The van der Waals surface area contributed by atoms with Gasteiger partial charge in [-0.15, -0.1) is 0 Å². The fourth-order valence-electron chi connectivity index (χ4n) is 8.24. The topological polar surface area (TPSA) is 60.4 Å². The molecule has 4 atom stereocenters. The molecule has 7 rings (SSSR count). The summed E-state index contributed by atoms with van der Waals surface area (Å²) in [4.78, 5) is 2.63. The van der Waals surface area contributed by atoms with Crippen molar-refractivity contribution < 1.29 is 24.1 Å². The smallest absolute Gasteiger partial charge is 0.172 e. The number of hydrogen-bond donors (Lipinski definition) is 1. The van der Waals surface area contributed by atoms with Crippen LogP contribution in [0, 0.1) is 11.8 Å². The zero-order valence-corrected chi connectivity index (χ0v) is 22.6. The minimum atomic E-state index is -0.843. The Bertz CT molecular complexity index is 1150. The zero-order valence-electron chi connectivity index (χ0n) is 22.6. The van der Waals surface area contributed by atoms with E-state index in [-0.39, 0.29) is 12.0 Å². The van der Waals surface area contributed by atoms with Crippen LogP contribution in [0.5, 0.6) is 5.75 Å². The lowest BCUT2D eigenvalue weighted by molar-refractivity contribution is -0.288. The molecule has 2 bridgehead atoms. The molecular formula is C32H41NO5. The van der Waals surface area contributed by atoms with Crippen molar-refractivity contribution in [2.45, 2.75) is 74.4 Å². The summed E-state index contributed by atoms with van der Waals surface area (Å²) >= 11 is 0. The molecule has 0 amide bonds. The highest BCUT2D eigenvalue weighted by Crippen LogP contribution is 2.63. The number of nitrogens with zero attached hydrogens (tertiary/aromatic N) is 1. The number of benzene rings is 2. The van der Waals surface area contributed by atoms with Gasteiger partial charge in [0.05, 0.1) is 32.5 Å².